The maximum absolute atomic E-state index is 13.4. The van der Waals surface area contributed by atoms with Crippen molar-refractivity contribution in [1.29, 1.82) is 0 Å². The number of nitrogens with zero attached hydrogens (tertiary/aromatic N) is 3. The van der Waals surface area contributed by atoms with Crippen LogP contribution in [0, 0.1) is 6.92 Å². The lowest BCUT2D eigenvalue weighted by molar-refractivity contribution is -0.274. The van der Waals surface area contributed by atoms with Gasteiger partial charge in [-0.3, -0.25) is 4.79 Å². The number of alkyl halides is 3. The Hall–Kier alpha value is -3.33. The summed E-state index contributed by atoms with van der Waals surface area (Å²) in [7, 11) is 1.62. The van der Waals surface area contributed by atoms with E-state index < -0.39 is 18.4 Å². The molecule has 2 aromatic carbocycles. The molecule has 14 heteroatoms. The van der Waals surface area contributed by atoms with E-state index in [2.05, 4.69) is 15.0 Å². The van der Waals surface area contributed by atoms with Gasteiger partial charge in [-0.1, -0.05) is 35.6 Å². The van der Waals surface area contributed by atoms with Gasteiger partial charge in [-0.15, -0.1) is 13.2 Å². The molecule has 1 aliphatic rings. The van der Waals surface area contributed by atoms with Crippen LogP contribution in [-0.2, 0) is 22.7 Å². The summed E-state index contributed by atoms with van der Waals surface area (Å²) in [6.07, 6.45) is -4.78. The van der Waals surface area contributed by atoms with Gasteiger partial charge in [0.05, 0.1) is 12.3 Å². The minimum Gasteiger partial charge on any atom is -0.477 e. The second-order valence-electron chi connectivity index (χ2n) is 8.90. The summed E-state index contributed by atoms with van der Waals surface area (Å²) in [5.41, 5.74) is 2.32. The van der Waals surface area contributed by atoms with Gasteiger partial charge in [0.15, 0.2) is 5.13 Å². The molecular weight excluding hydrogens is 569 g/mol. The van der Waals surface area contributed by atoms with Gasteiger partial charge in [-0.2, -0.15) is 0 Å². The topological polar surface area (TPSA) is 104 Å². The molecule has 1 aromatic heterocycles. The molecule has 2 heterocycles. The number of carboxylic acids is 1. The predicted octanol–water partition coefficient (Wildman–Crippen LogP) is 4.71. The third-order valence-electron chi connectivity index (χ3n) is 5.96. The van der Waals surface area contributed by atoms with Crippen molar-refractivity contribution in [1.82, 2.24) is 14.6 Å². The lowest BCUT2D eigenvalue weighted by atomic mass is 10.1. The van der Waals surface area contributed by atoms with Crippen LogP contribution in [0.15, 0.2) is 53.4 Å². The largest absolute Gasteiger partial charge is 0.573 e. The number of methoxy groups -OCH3 is 1. The molecule has 9 nitrogen and oxygen atoms in total. The molecule has 0 bridgehead atoms. The average molecular weight is 597 g/mol. The number of hydrogen-bond donors (Lipinski definition) is 2. The first-order chi connectivity index (χ1) is 19.0. The van der Waals surface area contributed by atoms with Gasteiger partial charge >= 0.3 is 12.3 Å². The van der Waals surface area contributed by atoms with Crippen LogP contribution >= 0.6 is 23.3 Å². The molecule has 0 unspecified atom stereocenters. The summed E-state index contributed by atoms with van der Waals surface area (Å²) < 4.78 is 48.5. The van der Waals surface area contributed by atoms with E-state index >= 15 is 0 Å². The van der Waals surface area contributed by atoms with Crippen molar-refractivity contribution in [3.05, 3.63) is 70.2 Å². The van der Waals surface area contributed by atoms with Crippen molar-refractivity contribution < 1.29 is 37.3 Å². The molecule has 3 aromatic rings. The summed E-state index contributed by atoms with van der Waals surface area (Å²) in [4.78, 5) is 32.0. The van der Waals surface area contributed by atoms with Crippen molar-refractivity contribution in [2.75, 3.05) is 31.6 Å². The summed E-state index contributed by atoms with van der Waals surface area (Å²) in [6, 6.07) is 12.4. The number of carboxylic acid groups (broad SMARTS) is 1. The molecule has 0 spiro atoms. The van der Waals surface area contributed by atoms with E-state index in [1.165, 1.54) is 36.2 Å². The highest BCUT2D eigenvalue weighted by Crippen LogP contribution is 2.33. The summed E-state index contributed by atoms with van der Waals surface area (Å²) in [6.45, 7) is 3.54. The van der Waals surface area contributed by atoms with E-state index in [-0.39, 0.29) is 23.1 Å². The highest BCUT2D eigenvalue weighted by molar-refractivity contribution is 7.97. The molecule has 0 saturated carbocycles. The van der Waals surface area contributed by atoms with E-state index in [1.54, 1.807) is 14.0 Å². The van der Waals surface area contributed by atoms with Gasteiger partial charge in [0.1, 0.15) is 16.7 Å². The number of thiazole rings is 1. The Morgan fingerprint density at radius 2 is 1.80 bits per heavy atom. The van der Waals surface area contributed by atoms with Gasteiger partial charge in [0.25, 0.3) is 0 Å². The molecule has 1 fully saturated rings. The molecule has 1 saturated heterocycles. The lowest BCUT2D eigenvalue weighted by Gasteiger charge is -2.39. The van der Waals surface area contributed by atoms with Crippen LogP contribution in [0.3, 0.4) is 0 Å². The Bertz CT molecular complexity index is 1320. The molecule has 40 heavy (non-hydrogen) atoms. The standard InChI is InChI=1S/C26H27F3N4O5S2/c1-16-22(24(35)36)39-25(31-16)32-11-12-33(40-20-9-7-19(8-10-20)38-26(27,28)29)21(14-32)23(34)30-13-17-3-5-18(6-4-17)15-37-2/h3-10,21H,11-15H2,1-2H3,(H,30,34)(H,35,36)/t21-/m1/s1. The number of aromatic carboxylic acids is 1. The maximum Gasteiger partial charge on any atom is 0.573 e. The van der Waals surface area contributed by atoms with Gasteiger partial charge < -0.3 is 24.8 Å². The number of rotatable bonds is 10. The smallest absolute Gasteiger partial charge is 0.477 e. The van der Waals surface area contributed by atoms with Crippen molar-refractivity contribution in [3.8, 4) is 5.75 Å². The fourth-order valence-corrected chi connectivity index (χ4v) is 5.98. The minimum atomic E-state index is -4.78. The van der Waals surface area contributed by atoms with E-state index in [0.717, 1.165) is 22.5 Å². The van der Waals surface area contributed by atoms with Crippen LogP contribution in [0.2, 0.25) is 0 Å². The average Bonchev–Trinajstić information content (AvgIpc) is 3.30. The van der Waals surface area contributed by atoms with Crippen LogP contribution in [-0.4, -0.2) is 65.4 Å². The summed E-state index contributed by atoms with van der Waals surface area (Å²) >= 11 is 2.31. The first-order valence-electron chi connectivity index (χ1n) is 12.1. The van der Waals surface area contributed by atoms with Crippen LogP contribution in [0.25, 0.3) is 0 Å². The van der Waals surface area contributed by atoms with Crippen LogP contribution in [0.1, 0.15) is 26.5 Å². The van der Waals surface area contributed by atoms with Crippen molar-refractivity contribution in [3.63, 3.8) is 0 Å². The third-order valence-corrected chi connectivity index (χ3v) is 8.33. The first-order valence-corrected chi connectivity index (χ1v) is 13.7. The van der Waals surface area contributed by atoms with E-state index in [1.807, 2.05) is 33.5 Å². The molecule has 0 aliphatic carbocycles. The second-order valence-corrected chi connectivity index (χ2v) is 11.0. The van der Waals surface area contributed by atoms with Crippen LogP contribution in [0.5, 0.6) is 5.75 Å². The van der Waals surface area contributed by atoms with Gasteiger partial charge in [-0.25, -0.2) is 14.1 Å². The quantitative estimate of drug-likeness (QED) is 0.322. The zero-order valence-corrected chi connectivity index (χ0v) is 23.2. The summed E-state index contributed by atoms with van der Waals surface area (Å²) in [5.74, 6) is -1.64. The number of halogens is 3. The Labute approximate surface area is 237 Å². The van der Waals surface area contributed by atoms with Gasteiger partial charge in [-0.05, 0) is 54.3 Å². The first kappa shape index (κ1) is 29.6. The number of hydrogen-bond acceptors (Lipinski definition) is 9. The molecule has 1 aliphatic heterocycles. The number of aromatic nitrogens is 1. The zero-order valence-electron chi connectivity index (χ0n) is 21.6. The molecular formula is C26H27F3N4O5S2. The van der Waals surface area contributed by atoms with Crippen molar-refractivity contribution >= 4 is 40.3 Å². The number of piperazine rings is 1. The van der Waals surface area contributed by atoms with Crippen LogP contribution < -0.4 is 15.0 Å². The minimum absolute atomic E-state index is 0.144. The fourth-order valence-electron chi connectivity index (χ4n) is 4.04. The molecule has 1 amide bonds. The molecule has 0 radical (unpaired) electrons. The number of carbonyl (C=O) groups excluding carboxylic acids is 1. The molecule has 214 valence electrons. The predicted molar refractivity (Wildman–Crippen MR) is 145 cm³/mol. The molecule has 4 rings (SSSR count). The van der Waals surface area contributed by atoms with E-state index in [0.29, 0.717) is 42.0 Å². The molecule has 2 N–H and O–H groups in total. The van der Waals surface area contributed by atoms with Gasteiger partial charge in [0, 0.05) is 38.2 Å². The second kappa shape index (κ2) is 12.9. The van der Waals surface area contributed by atoms with Crippen LogP contribution in [0.4, 0.5) is 18.3 Å². The summed E-state index contributed by atoms with van der Waals surface area (Å²) in [5, 5.41) is 12.9. The van der Waals surface area contributed by atoms with Gasteiger partial charge in [0.2, 0.25) is 5.91 Å². The van der Waals surface area contributed by atoms with E-state index in [4.69, 9.17) is 4.74 Å². The number of benzene rings is 2. The SMILES string of the molecule is COCc1ccc(CNC(=O)[C@H]2CN(c3nc(C)c(C(=O)O)s3)CCN2Sc2ccc(OC(F)(F)F)cc2)cc1. The monoisotopic (exact) mass is 596 g/mol. The zero-order chi connectivity index (χ0) is 28.9. The number of anilines is 1. The number of aryl methyl sites for hydroxylation is 1. The number of amides is 1. The number of ether oxygens (including phenoxy) is 2. The number of carbonyl (C=O) groups is 2. The van der Waals surface area contributed by atoms with Crippen molar-refractivity contribution in [2.24, 2.45) is 0 Å². The Balaban J connectivity index is 1.49. The Morgan fingerprint density at radius 3 is 2.40 bits per heavy atom. The fraction of sp³-hybridized carbons (Fsp3) is 0.346. The normalized spacial score (nSPS) is 16.1. The molecule has 1 atom stereocenters. The third kappa shape index (κ3) is 7.87. The van der Waals surface area contributed by atoms with Crippen molar-refractivity contribution in [2.45, 2.75) is 37.4 Å². The Kier molecular flexibility index (Phi) is 9.56. The maximum atomic E-state index is 13.4. The number of nitrogens with one attached hydrogen (secondary N) is 1. The Morgan fingerprint density at radius 1 is 1.12 bits per heavy atom. The highest BCUT2D eigenvalue weighted by atomic mass is 32.2. The van der Waals surface area contributed by atoms with E-state index in [9.17, 15) is 27.9 Å². The lowest BCUT2D eigenvalue weighted by Crippen LogP contribution is -2.56. The highest BCUT2D eigenvalue weighted by Gasteiger charge is 2.35.